The summed E-state index contributed by atoms with van der Waals surface area (Å²) in [6, 6.07) is 16.5. The Morgan fingerprint density at radius 3 is 2.60 bits per heavy atom. The number of nitrogens with zero attached hydrogens (tertiary/aromatic N) is 3. The number of rotatable bonds is 4. The first kappa shape index (κ1) is 18.9. The topological polar surface area (TPSA) is 68.4 Å². The van der Waals surface area contributed by atoms with Crippen molar-refractivity contribution in [1.29, 1.82) is 0 Å². The van der Waals surface area contributed by atoms with Crippen molar-refractivity contribution in [3.8, 4) is 11.3 Å². The molecular weight excluding hydrogens is 400 g/mol. The number of carbonyl (C=O) groups excluding carboxylic acids is 1. The van der Waals surface area contributed by atoms with Gasteiger partial charge in [0, 0.05) is 22.7 Å². The summed E-state index contributed by atoms with van der Waals surface area (Å²) in [5, 5.41) is 3.70. The van der Waals surface area contributed by atoms with Gasteiger partial charge in [-0.25, -0.2) is 9.38 Å². The summed E-state index contributed by atoms with van der Waals surface area (Å²) in [5.41, 5.74) is 2.63. The number of amides is 1. The third-order valence-electron chi connectivity index (χ3n) is 5.70. The van der Waals surface area contributed by atoms with Crippen molar-refractivity contribution >= 4 is 34.3 Å². The third-order valence-corrected chi connectivity index (χ3v) is 5.93. The Balaban J connectivity index is 1.65. The van der Waals surface area contributed by atoms with Gasteiger partial charge in [-0.1, -0.05) is 48.7 Å². The maximum Gasteiger partial charge on any atom is 0.260 e. The minimum atomic E-state index is -0.193. The zero-order valence-electron chi connectivity index (χ0n) is 16.3. The summed E-state index contributed by atoms with van der Waals surface area (Å²) in [6.07, 6.45) is 4.35. The molecule has 0 bridgehead atoms. The number of aromatic nitrogens is 3. The van der Waals surface area contributed by atoms with E-state index in [1.54, 1.807) is 16.5 Å². The normalized spacial score (nSPS) is 14.6. The monoisotopic (exact) mass is 420 g/mol. The van der Waals surface area contributed by atoms with Crippen molar-refractivity contribution in [3.63, 3.8) is 0 Å². The fraction of sp³-hybridized carbons (Fsp3) is 0.261. The van der Waals surface area contributed by atoms with Crippen LogP contribution in [0.4, 0.5) is 0 Å². The average Bonchev–Trinajstić information content (AvgIpc) is 3.35. The molecule has 0 atom stereocenters. The standard InChI is InChI=1S/C23H21ClN4O2/c24-16-7-5-6-15(12-16)18-13-22(30)28-20-11-4-3-10-19(20)27(23(28)26-18)14-21(29)25-17-8-1-2-9-17/h3-7,10-13,17H,1-2,8-9,14H2,(H,25,29). The molecule has 1 fully saturated rings. The fourth-order valence-corrected chi connectivity index (χ4v) is 4.50. The number of hydrogen-bond donors (Lipinski definition) is 1. The number of benzene rings is 2. The maximum atomic E-state index is 13.0. The first-order valence-corrected chi connectivity index (χ1v) is 10.5. The zero-order chi connectivity index (χ0) is 20.7. The van der Waals surface area contributed by atoms with Crippen LogP contribution in [0.3, 0.4) is 0 Å². The number of halogens is 1. The van der Waals surface area contributed by atoms with Gasteiger partial charge in [0.25, 0.3) is 5.56 Å². The van der Waals surface area contributed by atoms with E-state index >= 15 is 0 Å². The van der Waals surface area contributed by atoms with Crippen LogP contribution in [0.15, 0.2) is 59.4 Å². The molecule has 4 aromatic rings. The van der Waals surface area contributed by atoms with Gasteiger partial charge >= 0.3 is 0 Å². The lowest BCUT2D eigenvalue weighted by Crippen LogP contribution is -2.35. The Morgan fingerprint density at radius 2 is 1.83 bits per heavy atom. The Morgan fingerprint density at radius 1 is 1.07 bits per heavy atom. The fourth-order valence-electron chi connectivity index (χ4n) is 4.31. The molecule has 0 spiro atoms. The number of carbonyl (C=O) groups is 1. The molecule has 0 saturated heterocycles. The summed E-state index contributed by atoms with van der Waals surface area (Å²) >= 11 is 6.13. The Hall–Kier alpha value is -3.12. The summed E-state index contributed by atoms with van der Waals surface area (Å²) in [5.74, 6) is 0.382. The van der Waals surface area contributed by atoms with E-state index in [2.05, 4.69) is 5.32 Å². The molecule has 0 radical (unpaired) electrons. The highest BCUT2D eigenvalue weighted by Crippen LogP contribution is 2.24. The highest BCUT2D eigenvalue weighted by Gasteiger charge is 2.20. The molecule has 5 rings (SSSR count). The molecule has 0 aliphatic heterocycles. The van der Waals surface area contributed by atoms with Crippen LogP contribution >= 0.6 is 11.6 Å². The number of fused-ring (bicyclic) bond motifs is 3. The molecule has 2 aromatic heterocycles. The average molecular weight is 421 g/mol. The molecule has 1 saturated carbocycles. The SMILES string of the molecule is O=C(Cn1c2ccccc2n2c(=O)cc(-c3cccc(Cl)c3)nc12)NC1CCCC1. The molecule has 2 heterocycles. The van der Waals surface area contributed by atoms with Gasteiger partial charge in [0.05, 0.1) is 16.7 Å². The first-order valence-electron chi connectivity index (χ1n) is 10.2. The van der Waals surface area contributed by atoms with E-state index in [1.165, 1.54) is 6.07 Å². The largest absolute Gasteiger partial charge is 0.352 e. The van der Waals surface area contributed by atoms with Gasteiger partial charge < -0.3 is 9.88 Å². The highest BCUT2D eigenvalue weighted by atomic mass is 35.5. The lowest BCUT2D eigenvalue weighted by atomic mass is 10.1. The second-order valence-electron chi connectivity index (χ2n) is 7.75. The van der Waals surface area contributed by atoms with Crippen LogP contribution in [0.1, 0.15) is 25.7 Å². The van der Waals surface area contributed by atoms with E-state index in [9.17, 15) is 9.59 Å². The molecule has 7 heteroatoms. The van der Waals surface area contributed by atoms with Crippen LogP contribution < -0.4 is 10.9 Å². The quantitative estimate of drug-likeness (QED) is 0.542. The van der Waals surface area contributed by atoms with Gasteiger partial charge in [0.2, 0.25) is 11.7 Å². The van der Waals surface area contributed by atoms with Crippen molar-refractivity contribution in [1.82, 2.24) is 19.3 Å². The Bertz CT molecular complexity index is 1320. The van der Waals surface area contributed by atoms with Crippen LogP contribution in [0, 0.1) is 0 Å². The van der Waals surface area contributed by atoms with E-state index in [-0.39, 0.29) is 24.1 Å². The second-order valence-corrected chi connectivity index (χ2v) is 8.19. The second kappa shape index (κ2) is 7.61. The van der Waals surface area contributed by atoms with E-state index in [0.29, 0.717) is 16.5 Å². The van der Waals surface area contributed by atoms with Crippen LogP contribution in [0.25, 0.3) is 28.1 Å². The lowest BCUT2D eigenvalue weighted by Gasteiger charge is -2.13. The van der Waals surface area contributed by atoms with Crippen LogP contribution in [0.2, 0.25) is 5.02 Å². The minimum absolute atomic E-state index is 0.0624. The molecule has 30 heavy (non-hydrogen) atoms. The molecule has 6 nitrogen and oxygen atoms in total. The molecule has 152 valence electrons. The van der Waals surface area contributed by atoms with E-state index in [1.807, 2.05) is 41.0 Å². The zero-order valence-corrected chi connectivity index (χ0v) is 17.1. The molecular formula is C23H21ClN4O2. The number of hydrogen-bond acceptors (Lipinski definition) is 3. The predicted molar refractivity (Wildman–Crippen MR) is 118 cm³/mol. The van der Waals surface area contributed by atoms with Gasteiger partial charge in [-0.3, -0.25) is 9.59 Å². The predicted octanol–water partition coefficient (Wildman–Crippen LogP) is 4.03. The van der Waals surface area contributed by atoms with Crippen LogP contribution in [0.5, 0.6) is 0 Å². The van der Waals surface area contributed by atoms with Gasteiger partial charge in [-0.05, 0) is 37.1 Å². The van der Waals surface area contributed by atoms with Crippen LogP contribution in [-0.4, -0.2) is 25.9 Å². The van der Waals surface area contributed by atoms with Gasteiger partial charge in [-0.15, -0.1) is 0 Å². The molecule has 1 aliphatic rings. The van der Waals surface area contributed by atoms with Crippen molar-refractivity contribution in [3.05, 3.63) is 70.0 Å². The summed E-state index contributed by atoms with van der Waals surface area (Å²) in [7, 11) is 0. The van der Waals surface area contributed by atoms with E-state index in [0.717, 1.165) is 42.3 Å². The number of para-hydroxylation sites is 2. The molecule has 1 N–H and O–H groups in total. The van der Waals surface area contributed by atoms with Crippen molar-refractivity contribution < 1.29 is 4.79 Å². The lowest BCUT2D eigenvalue weighted by molar-refractivity contribution is -0.122. The molecule has 1 aliphatic carbocycles. The third kappa shape index (κ3) is 3.37. The van der Waals surface area contributed by atoms with Crippen molar-refractivity contribution in [2.24, 2.45) is 0 Å². The summed E-state index contributed by atoms with van der Waals surface area (Å²) in [6.45, 7) is 0.110. The Kier molecular flexibility index (Phi) is 4.79. The van der Waals surface area contributed by atoms with Crippen molar-refractivity contribution in [2.45, 2.75) is 38.3 Å². The molecule has 1 amide bonds. The van der Waals surface area contributed by atoms with Gasteiger partial charge in [0.1, 0.15) is 6.54 Å². The number of imidazole rings is 1. The van der Waals surface area contributed by atoms with Crippen LogP contribution in [-0.2, 0) is 11.3 Å². The first-order chi connectivity index (χ1) is 14.6. The van der Waals surface area contributed by atoms with Gasteiger partial charge in [0.15, 0.2) is 0 Å². The molecule has 0 unspecified atom stereocenters. The maximum absolute atomic E-state index is 13.0. The van der Waals surface area contributed by atoms with E-state index in [4.69, 9.17) is 16.6 Å². The van der Waals surface area contributed by atoms with Gasteiger partial charge in [-0.2, -0.15) is 0 Å². The van der Waals surface area contributed by atoms with Crippen molar-refractivity contribution in [2.75, 3.05) is 0 Å². The summed E-state index contributed by atoms with van der Waals surface area (Å²) < 4.78 is 3.38. The number of nitrogens with one attached hydrogen (secondary N) is 1. The molecule has 2 aromatic carbocycles. The Labute approximate surface area is 178 Å². The van der Waals surface area contributed by atoms with E-state index < -0.39 is 0 Å². The highest BCUT2D eigenvalue weighted by molar-refractivity contribution is 6.30. The minimum Gasteiger partial charge on any atom is -0.352 e. The smallest absolute Gasteiger partial charge is 0.260 e. The summed E-state index contributed by atoms with van der Waals surface area (Å²) in [4.78, 5) is 30.6.